The van der Waals surface area contributed by atoms with Gasteiger partial charge in [0.1, 0.15) is 0 Å². The zero-order valence-electron chi connectivity index (χ0n) is 12.8. The number of hydrogen-bond donors (Lipinski definition) is 1. The van der Waals surface area contributed by atoms with Crippen LogP contribution in [0.1, 0.15) is 29.7 Å². The van der Waals surface area contributed by atoms with E-state index < -0.39 is 10.0 Å². The molecule has 0 aliphatic heterocycles. The average Bonchev–Trinajstić information content (AvgIpc) is 3.23. The summed E-state index contributed by atoms with van der Waals surface area (Å²) in [5.74, 6) is 2.04. The minimum Gasteiger partial charge on any atom is -0.440 e. The summed E-state index contributed by atoms with van der Waals surface area (Å²) in [5.41, 5.74) is 2.08. The average molecular weight is 340 g/mol. The summed E-state index contributed by atoms with van der Waals surface area (Å²) >= 11 is 0. The standard InChI is InChI=1S/C18H16N2O3S/c19-24(21,22)14-8-6-12(7-9-14)15-10-16(15)18-20-11-17(23-18)13-4-2-1-3-5-13/h1-9,11,15-16H,10H2,(H2,19,21,22)/t15-,16+/m0/s1. The molecule has 0 unspecified atom stereocenters. The van der Waals surface area contributed by atoms with Gasteiger partial charge in [-0.15, -0.1) is 0 Å². The molecule has 2 atom stereocenters. The summed E-state index contributed by atoms with van der Waals surface area (Å²) in [6, 6.07) is 16.6. The minimum absolute atomic E-state index is 0.130. The fourth-order valence-corrected chi connectivity index (χ4v) is 3.45. The van der Waals surface area contributed by atoms with Crippen molar-refractivity contribution in [1.82, 2.24) is 4.98 Å². The van der Waals surface area contributed by atoms with Crippen molar-refractivity contribution in [3.8, 4) is 11.3 Å². The van der Waals surface area contributed by atoms with Crippen LogP contribution in [0.2, 0.25) is 0 Å². The molecule has 122 valence electrons. The Kier molecular flexibility index (Phi) is 3.51. The molecule has 6 heteroatoms. The van der Waals surface area contributed by atoms with Gasteiger partial charge in [-0.1, -0.05) is 42.5 Å². The first-order valence-electron chi connectivity index (χ1n) is 7.66. The zero-order valence-corrected chi connectivity index (χ0v) is 13.6. The Bertz CT molecular complexity index is 963. The predicted molar refractivity (Wildman–Crippen MR) is 89.9 cm³/mol. The summed E-state index contributed by atoms with van der Waals surface area (Å²) < 4.78 is 28.5. The first-order valence-corrected chi connectivity index (χ1v) is 9.21. The van der Waals surface area contributed by atoms with E-state index in [0.29, 0.717) is 5.92 Å². The molecule has 0 saturated heterocycles. The maximum atomic E-state index is 11.3. The number of rotatable bonds is 4. The molecule has 1 saturated carbocycles. The molecule has 0 radical (unpaired) electrons. The molecule has 1 aliphatic carbocycles. The van der Waals surface area contributed by atoms with E-state index in [1.165, 1.54) is 0 Å². The van der Waals surface area contributed by atoms with Gasteiger partial charge in [0.05, 0.1) is 11.1 Å². The van der Waals surface area contributed by atoms with Crippen molar-refractivity contribution in [2.75, 3.05) is 0 Å². The van der Waals surface area contributed by atoms with Gasteiger partial charge >= 0.3 is 0 Å². The predicted octanol–water partition coefficient (Wildman–Crippen LogP) is 3.26. The van der Waals surface area contributed by atoms with E-state index in [9.17, 15) is 8.42 Å². The Balaban J connectivity index is 1.52. The molecule has 2 aromatic carbocycles. The molecule has 2 N–H and O–H groups in total. The molecule has 1 heterocycles. The monoisotopic (exact) mass is 340 g/mol. The Hall–Kier alpha value is -2.44. The third-order valence-electron chi connectivity index (χ3n) is 4.33. The van der Waals surface area contributed by atoms with E-state index >= 15 is 0 Å². The fraction of sp³-hybridized carbons (Fsp3) is 0.167. The first kappa shape index (κ1) is 15.1. The first-order chi connectivity index (χ1) is 11.5. The second-order valence-corrected chi connectivity index (χ2v) is 7.55. The normalized spacial score (nSPS) is 20.0. The highest BCUT2D eigenvalue weighted by atomic mass is 32.2. The van der Waals surface area contributed by atoms with Gasteiger partial charge in [0.25, 0.3) is 0 Å². The van der Waals surface area contributed by atoms with E-state index in [1.54, 1.807) is 18.3 Å². The van der Waals surface area contributed by atoms with Gasteiger partial charge in [-0.3, -0.25) is 0 Å². The number of nitrogens with two attached hydrogens (primary N) is 1. The highest BCUT2D eigenvalue weighted by Crippen LogP contribution is 2.54. The van der Waals surface area contributed by atoms with Crippen molar-refractivity contribution in [3.63, 3.8) is 0 Å². The van der Waals surface area contributed by atoms with Crippen LogP contribution in [0.3, 0.4) is 0 Å². The number of oxazole rings is 1. The molecule has 3 aromatic rings. The van der Waals surface area contributed by atoms with E-state index in [2.05, 4.69) is 4.98 Å². The highest BCUT2D eigenvalue weighted by Gasteiger charge is 2.43. The second kappa shape index (κ2) is 5.58. The Morgan fingerprint density at radius 3 is 2.38 bits per heavy atom. The van der Waals surface area contributed by atoms with Crippen LogP contribution in [0.5, 0.6) is 0 Å². The van der Waals surface area contributed by atoms with Crippen LogP contribution in [-0.2, 0) is 10.0 Å². The van der Waals surface area contributed by atoms with Crippen LogP contribution in [0, 0.1) is 0 Å². The molecule has 0 bridgehead atoms. The van der Waals surface area contributed by atoms with E-state index in [0.717, 1.165) is 29.2 Å². The number of nitrogens with zero attached hydrogens (tertiary/aromatic N) is 1. The molecule has 0 amide bonds. The van der Waals surface area contributed by atoms with Gasteiger partial charge in [-0.2, -0.15) is 0 Å². The minimum atomic E-state index is -3.65. The topological polar surface area (TPSA) is 86.2 Å². The van der Waals surface area contributed by atoms with Crippen molar-refractivity contribution in [2.24, 2.45) is 5.14 Å². The van der Waals surface area contributed by atoms with Crippen LogP contribution in [0.25, 0.3) is 11.3 Å². The summed E-state index contributed by atoms with van der Waals surface area (Å²) in [6.45, 7) is 0. The molecule has 4 rings (SSSR count). The molecule has 5 nitrogen and oxygen atoms in total. The van der Waals surface area contributed by atoms with Crippen LogP contribution < -0.4 is 5.14 Å². The lowest BCUT2D eigenvalue weighted by Crippen LogP contribution is -2.11. The lowest BCUT2D eigenvalue weighted by Gasteiger charge is -2.01. The molecule has 0 spiro atoms. The molecular weight excluding hydrogens is 324 g/mol. The van der Waals surface area contributed by atoms with Gasteiger partial charge in [0.2, 0.25) is 10.0 Å². The Labute approximate surface area is 140 Å². The number of sulfonamides is 1. The lowest BCUT2D eigenvalue weighted by molar-refractivity contribution is 0.506. The lowest BCUT2D eigenvalue weighted by atomic mass is 10.1. The third kappa shape index (κ3) is 2.86. The number of primary sulfonamides is 1. The smallest absolute Gasteiger partial charge is 0.238 e. The zero-order chi connectivity index (χ0) is 16.7. The maximum Gasteiger partial charge on any atom is 0.238 e. The third-order valence-corrected chi connectivity index (χ3v) is 5.26. The van der Waals surface area contributed by atoms with Crippen molar-refractivity contribution in [1.29, 1.82) is 0 Å². The van der Waals surface area contributed by atoms with Crippen molar-refractivity contribution < 1.29 is 12.8 Å². The van der Waals surface area contributed by atoms with Crippen molar-refractivity contribution >= 4 is 10.0 Å². The van der Waals surface area contributed by atoms with E-state index in [4.69, 9.17) is 9.56 Å². The van der Waals surface area contributed by atoms with E-state index in [1.807, 2.05) is 42.5 Å². The summed E-state index contributed by atoms with van der Waals surface area (Å²) in [5, 5.41) is 5.12. The SMILES string of the molecule is NS(=O)(=O)c1ccc([C@@H]2C[C@H]2c2ncc(-c3ccccc3)o2)cc1. The summed E-state index contributed by atoms with van der Waals surface area (Å²) in [6.07, 6.45) is 2.70. The summed E-state index contributed by atoms with van der Waals surface area (Å²) in [7, 11) is -3.65. The Morgan fingerprint density at radius 1 is 1.00 bits per heavy atom. The Morgan fingerprint density at radius 2 is 1.71 bits per heavy atom. The number of benzene rings is 2. The second-order valence-electron chi connectivity index (χ2n) is 5.99. The quantitative estimate of drug-likeness (QED) is 0.790. The van der Waals surface area contributed by atoms with Crippen LogP contribution >= 0.6 is 0 Å². The molecular formula is C18H16N2O3S. The van der Waals surface area contributed by atoms with Gasteiger partial charge in [-0.25, -0.2) is 18.5 Å². The largest absolute Gasteiger partial charge is 0.440 e. The van der Waals surface area contributed by atoms with Crippen LogP contribution in [0.4, 0.5) is 0 Å². The number of aromatic nitrogens is 1. The van der Waals surface area contributed by atoms with Gasteiger partial charge < -0.3 is 4.42 Å². The van der Waals surface area contributed by atoms with E-state index in [-0.39, 0.29) is 10.8 Å². The number of hydrogen-bond acceptors (Lipinski definition) is 4. The van der Waals surface area contributed by atoms with Crippen LogP contribution in [0.15, 0.2) is 70.1 Å². The molecule has 1 fully saturated rings. The maximum absolute atomic E-state index is 11.3. The summed E-state index contributed by atoms with van der Waals surface area (Å²) in [4.78, 5) is 4.54. The van der Waals surface area contributed by atoms with Crippen molar-refractivity contribution in [2.45, 2.75) is 23.2 Å². The van der Waals surface area contributed by atoms with Crippen LogP contribution in [-0.4, -0.2) is 13.4 Å². The van der Waals surface area contributed by atoms with Crippen molar-refractivity contribution in [3.05, 3.63) is 72.2 Å². The molecule has 1 aromatic heterocycles. The molecule has 1 aliphatic rings. The molecule has 24 heavy (non-hydrogen) atoms. The highest BCUT2D eigenvalue weighted by molar-refractivity contribution is 7.89. The fourth-order valence-electron chi connectivity index (χ4n) is 2.94. The van der Waals surface area contributed by atoms with Gasteiger partial charge in [0.15, 0.2) is 11.7 Å². The van der Waals surface area contributed by atoms with Gasteiger partial charge in [0, 0.05) is 11.5 Å². The van der Waals surface area contributed by atoms with Gasteiger partial charge in [-0.05, 0) is 30.0 Å².